The normalized spacial score (nSPS) is 17.3. The maximum absolute atomic E-state index is 12.9. The molecule has 1 aromatic carbocycles. The summed E-state index contributed by atoms with van der Waals surface area (Å²) < 4.78 is 12.9. The minimum atomic E-state index is -0.277. The Morgan fingerprint density at radius 1 is 1.38 bits per heavy atom. The van der Waals surface area contributed by atoms with Crippen LogP contribution in [0.3, 0.4) is 0 Å². The molecule has 2 aromatic rings. The van der Waals surface area contributed by atoms with Crippen molar-refractivity contribution in [1.29, 1.82) is 0 Å². The molecule has 0 radical (unpaired) electrons. The largest absolute Gasteiger partial charge is 0.273 e. The van der Waals surface area contributed by atoms with Gasteiger partial charge in [0.05, 0.1) is 12.1 Å². The molecule has 6 heteroatoms. The van der Waals surface area contributed by atoms with Crippen LogP contribution in [0.2, 0.25) is 0 Å². The summed E-state index contributed by atoms with van der Waals surface area (Å²) >= 11 is 1.44. The molecule has 1 aliphatic rings. The molecular weight excluding hydrogens is 325 g/mol. The fourth-order valence-electron chi connectivity index (χ4n) is 2.48. The van der Waals surface area contributed by atoms with Gasteiger partial charge in [-0.25, -0.2) is 14.8 Å². The zero-order valence-corrected chi connectivity index (χ0v) is 13.9. The van der Waals surface area contributed by atoms with Gasteiger partial charge in [-0.15, -0.1) is 11.3 Å². The summed E-state index contributed by atoms with van der Waals surface area (Å²) in [6, 6.07) is 6.17. The van der Waals surface area contributed by atoms with Crippen LogP contribution in [-0.4, -0.2) is 17.1 Å². The molecule has 0 saturated carbocycles. The molecule has 0 bridgehead atoms. The SMILES string of the molecule is O=C(Cc1csc(-c2ccc(F)cc2)n1)N/N=C\[C@@H]1CC=CCC1. The quantitative estimate of drug-likeness (QED) is 0.508. The van der Waals surface area contributed by atoms with Gasteiger partial charge in [0.15, 0.2) is 0 Å². The molecule has 1 aliphatic carbocycles. The first-order valence-electron chi connectivity index (χ1n) is 7.88. The van der Waals surface area contributed by atoms with Gasteiger partial charge in [-0.3, -0.25) is 4.79 Å². The zero-order chi connectivity index (χ0) is 16.8. The molecule has 1 atom stereocenters. The van der Waals surface area contributed by atoms with E-state index in [9.17, 15) is 9.18 Å². The van der Waals surface area contributed by atoms with Gasteiger partial charge in [0.2, 0.25) is 5.91 Å². The number of rotatable bonds is 5. The van der Waals surface area contributed by atoms with Gasteiger partial charge in [-0.05, 0) is 49.4 Å². The Morgan fingerprint density at radius 2 is 2.21 bits per heavy atom. The predicted molar refractivity (Wildman–Crippen MR) is 94.3 cm³/mol. The van der Waals surface area contributed by atoms with Gasteiger partial charge in [0.25, 0.3) is 0 Å². The molecule has 4 nitrogen and oxygen atoms in total. The number of carbonyl (C=O) groups is 1. The van der Waals surface area contributed by atoms with E-state index in [0.717, 1.165) is 29.8 Å². The Bertz CT molecular complexity index is 752. The Balaban J connectivity index is 1.52. The number of hydrogen-bond donors (Lipinski definition) is 1. The number of halogens is 1. The van der Waals surface area contributed by atoms with E-state index < -0.39 is 0 Å². The van der Waals surface area contributed by atoms with Gasteiger partial charge < -0.3 is 0 Å². The molecule has 1 aromatic heterocycles. The fourth-order valence-corrected chi connectivity index (χ4v) is 3.31. The van der Waals surface area contributed by atoms with Gasteiger partial charge in [0, 0.05) is 17.2 Å². The van der Waals surface area contributed by atoms with Crippen molar-refractivity contribution in [2.75, 3.05) is 0 Å². The average molecular weight is 343 g/mol. The summed E-state index contributed by atoms with van der Waals surface area (Å²) in [5.41, 5.74) is 4.09. The Hall–Kier alpha value is -2.34. The predicted octanol–water partition coefficient (Wildman–Crippen LogP) is 3.95. The third kappa shape index (κ3) is 4.58. The fraction of sp³-hybridized carbons (Fsp3) is 0.278. The van der Waals surface area contributed by atoms with E-state index in [1.54, 1.807) is 12.1 Å². The second-order valence-corrected chi connectivity index (χ2v) is 6.54. The Kier molecular flexibility index (Phi) is 5.48. The molecule has 0 saturated heterocycles. The average Bonchev–Trinajstić information content (AvgIpc) is 3.05. The lowest BCUT2D eigenvalue weighted by Crippen LogP contribution is -2.20. The first kappa shape index (κ1) is 16.5. The number of hydrogen-bond acceptors (Lipinski definition) is 4. The topological polar surface area (TPSA) is 54.4 Å². The van der Waals surface area contributed by atoms with Crippen molar-refractivity contribution in [3.05, 3.63) is 53.3 Å². The summed E-state index contributed by atoms with van der Waals surface area (Å²) in [4.78, 5) is 16.3. The number of hydrazone groups is 1. The van der Waals surface area contributed by atoms with Crippen molar-refractivity contribution in [2.24, 2.45) is 11.0 Å². The highest BCUT2D eigenvalue weighted by Crippen LogP contribution is 2.24. The Morgan fingerprint density at radius 3 is 2.96 bits per heavy atom. The number of benzene rings is 1. The summed E-state index contributed by atoms with van der Waals surface area (Å²) in [7, 11) is 0. The van der Waals surface area contributed by atoms with Crippen LogP contribution >= 0.6 is 11.3 Å². The second kappa shape index (κ2) is 7.97. The van der Waals surface area contributed by atoms with Crippen LogP contribution in [0.25, 0.3) is 10.6 Å². The smallest absolute Gasteiger partial charge is 0.246 e. The van der Waals surface area contributed by atoms with Crippen LogP contribution in [0.1, 0.15) is 25.0 Å². The lowest BCUT2D eigenvalue weighted by molar-refractivity contribution is -0.120. The lowest BCUT2D eigenvalue weighted by Gasteiger charge is -2.11. The molecule has 0 fully saturated rings. The third-order valence-corrected chi connectivity index (χ3v) is 4.71. The number of carbonyl (C=O) groups excluding carboxylic acids is 1. The monoisotopic (exact) mass is 343 g/mol. The molecule has 24 heavy (non-hydrogen) atoms. The molecule has 0 aliphatic heterocycles. The third-order valence-electron chi connectivity index (χ3n) is 3.77. The van der Waals surface area contributed by atoms with Crippen LogP contribution in [-0.2, 0) is 11.2 Å². The van der Waals surface area contributed by atoms with Crippen LogP contribution in [0.4, 0.5) is 4.39 Å². The minimum absolute atomic E-state index is 0.180. The maximum atomic E-state index is 12.9. The molecule has 0 unspecified atom stereocenters. The molecular formula is C18H18FN3OS. The van der Waals surface area contributed by atoms with Crippen LogP contribution in [0.15, 0.2) is 46.9 Å². The van der Waals surface area contributed by atoms with Crippen molar-refractivity contribution < 1.29 is 9.18 Å². The summed E-state index contributed by atoms with van der Waals surface area (Å²) in [6.07, 6.45) is 9.43. The van der Waals surface area contributed by atoms with Crippen LogP contribution < -0.4 is 5.43 Å². The van der Waals surface area contributed by atoms with Crippen LogP contribution in [0, 0.1) is 11.7 Å². The molecule has 1 amide bonds. The van der Waals surface area contributed by atoms with E-state index in [0.29, 0.717) is 11.6 Å². The van der Waals surface area contributed by atoms with Crippen molar-refractivity contribution >= 4 is 23.5 Å². The van der Waals surface area contributed by atoms with Crippen molar-refractivity contribution in [2.45, 2.75) is 25.7 Å². The zero-order valence-electron chi connectivity index (χ0n) is 13.1. The number of thiazole rings is 1. The summed E-state index contributed by atoms with van der Waals surface area (Å²) in [6.45, 7) is 0. The number of nitrogens with one attached hydrogen (secondary N) is 1. The van der Waals surface area contributed by atoms with Crippen LogP contribution in [0.5, 0.6) is 0 Å². The Labute approximate surface area is 144 Å². The van der Waals surface area contributed by atoms with E-state index in [2.05, 4.69) is 27.7 Å². The summed E-state index contributed by atoms with van der Waals surface area (Å²) in [5.74, 6) is -0.0607. The second-order valence-electron chi connectivity index (χ2n) is 5.69. The van der Waals surface area contributed by atoms with Gasteiger partial charge >= 0.3 is 0 Å². The van der Waals surface area contributed by atoms with E-state index in [-0.39, 0.29) is 18.1 Å². The van der Waals surface area contributed by atoms with E-state index in [1.165, 1.54) is 23.5 Å². The number of nitrogens with zero attached hydrogens (tertiary/aromatic N) is 2. The highest BCUT2D eigenvalue weighted by Gasteiger charge is 2.10. The highest BCUT2D eigenvalue weighted by atomic mass is 32.1. The number of aromatic nitrogens is 1. The molecule has 3 rings (SSSR count). The first-order valence-corrected chi connectivity index (χ1v) is 8.76. The highest BCUT2D eigenvalue weighted by molar-refractivity contribution is 7.13. The lowest BCUT2D eigenvalue weighted by atomic mass is 9.96. The molecule has 1 heterocycles. The van der Waals surface area contributed by atoms with Crippen molar-refractivity contribution in [3.63, 3.8) is 0 Å². The minimum Gasteiger partial charge on any atom is -0.273 e. The number of allylic oxidation sites excluding steroid dienone is 2. The van der Waals surface area contributed by atoms with Gasteiger partial charge in [-0.2, -0.15) is 5.10 Å². The van der Waals surface area contributed by atoms with Gasteiger partial charge in [0.1, 0.15) is 10.8 Å². The van der Waals surface area contributed by atoms with E-state index >= 15 is 0 Å². The molecule has 1 N–H and O–H groups in total. The van der Waals surface area contributed by atoms with Crippen molar-refractivity contribution in [1.82, 2.24) is 10.4 Å². The van der Waals surface area contributed by atoms with Gasteiger partial charge in [-0.1, -0.05) is 12.2 Å². The van der Waals surface area contributed by atoms with E-state index in [4.69, 9.17) is 0 Å². The van der Waals surface area contributed by atoms with Crippen molar-refractivity contribution in [3.8, 4) is 10.6 Å². The first-order chi connectivity index (χ1) is 11.7. The summed E-state index contributed by atoms with van der Waals surface area (Å²) in [5, 5.41) is 6.66. The molecule has 0 spiro atoms. The maximum Gasteiger partial charge on any atom is 0.246 e. The van der Waals surface area contributed by atoms with E-state index in [1.807, 2.05) is 11.6 Å². The standard InChI is InChI=1S/C18H18FN3OS/c19-15-8-6-14(7-9-15)18-21-16(12-24-18)10-17(23)22-20-11-13-4-2-1-3-5-13/h1-2,6-9,11-13H,3-5,10H2,(H,22,23)/b20-11-/t13-/m1/s1. The molecule has 124 valence electrons. The number of amides is 1.